The molecule has 7 nitrogen and oxygen atoms in total. The van der Waals surface area contributed by atoms with Crippen molar-refractivity contribution in [2.45, 2.75) is 30.8 Å². The number of nitrogens with one attached hydrogen (secondary N) is 2. The first-order chi connectivity index (χ1) is 12.6. The van der Waals surface area contributed by atoms with Crippen LogP contribution in [0.3, 0.4) is 0 Å². The lowest BCUT2D eigenvalue weighted by molar-refractivity contribution is -0.0429. The van der Waals surface area contributed by atoms with E-state index in [1.165, 1.54) is 22.9 Å². The highest BCUT2D eigenvalue weighted by Crippen LogP contribution is 2.31. The summed E-state index contributed by atoms with van der Waals surface area (Å²) >= 11 is 0. The third-order valence-electron chi connectivity index (χ3n) is 4.40. The number of para-hydroxylation sites is 1. The first-order valence-electron chi connectivity index (χ1n) is 8.10. The lowest BCUT2D eigenvalue weighted by atomic mass is 9.92. The van der Waals surface area contributed by atoms with E-state index in [0.717, 1.165) is 30.2 Å². The molecule has 0 saturated heterocycles. The summed E-state index contributed by atoms with van der Waals surface area (Å²) < 4.78 is 63.8. The maximum absolute atomic E-state index is 12.6. The van der Waals surface area contributed by atoms with E-state index in [0.29, 0.717) is 6.42 Å². The maximum atomic E-state index is 12.6. The Hall–Kier alpha value is -2.56. The molecule has 1 heterocycles. The molecule has 0 aliphatic heterocycles. The quantitative estimate of drug-likeness (QED) is 0.822. The maximum Gasteiger partial charge on any atom is 0.516 e. The molecule has 2 N–H and O–H groups in total. The molecule has 1 aromatic heterocycles. The standard InChI is InChI=1S/C16H17F3N4O3S/c1-23-14-8-4-7-12(11(14)9-20-23)21-15(24)10-5-2-3-6-13(10)22-27(25,26)16(17,18)19/h2-3,5-6,9,12,22H,4,7-8H2,1H3,(H,21,24). The second-order valence-corrected chi connectivity index (χ2v) is 7.86. The van der Waals surface area contributed by atoms with Crippen LogP contribution in [0.1, 0.15) is 40.5 Å². The van der Waals surface area contributed by atoms with Crippen LogP contribution in [0.4, 0.5) is 18.9 Å². The zero-order chi connectivity index (χ0) is 19.8. The molecular formula is C16H17F3N4O3S. The first-order valence-corrected chi connectivity index (χ1v) is 9.58. The van der Waals surface area contributed by atoms with Crippen LogP contribution in [-0.4, -0.2) is 29.6 Å². The Balaban J connectivity index is 1.85. The van der Waals surface area contributed by atoms with Crippen molar-refractivity contribution >= 4 is 21.6 Å². The van der Waals surface area contributed by atoms with Crippen LogP contribution in [0, 0.1) is 0 Å². The summed E-state index contributed by atoms with van der Waals surface area (Å²) in [4.78, 5) is 12.6. The highest BCUT2D eigenvalue weighted by molar-refractivity contribution is 7.93. The Morgan fingerprint density at radius 2 is 2.00 bits per heavy atom. The van der Waals surface area contributed by atoms with E-state index < -0.39 is 27.1 Å². The molecule has 27 heavy (non-hydrogen) atoms. The van der Waals surface area contributed by atoms with Crippen molar-refractivity contribution in [3.05, 3.63) is 47.3 Å². The summed E-state index contributed by atoms with van der Waals surface area (Å²) in [6, 6.07) is 4.80. The molecule has 0 bridgehead atoms. The van der Waals surface area contributed by atoms with E-state index in [2.05, 4.69) is 10.4 Å². The van der Waals surface area contributed by atoms with E-state index in [1.807, 2.05) is 0 Å². The number of benzene rings is 1. The number of halogens is 3. The molecule has 146 valence electrons. The van der Waals surface area contributed by atoms with Gasteiger partial charge in [-0.05, 0) is 31.4 Å². The molecule has 11 heteroatoms. The van der Waals surface area contributed by atoms with Gasteiger partial charge in [-0.1, -0.05) is 12.1 Å². The van der Waals surface area contributed by atoms with Crippen LogP contribution in [0.15, 0.2) is 30.5 Å². The van der Waals surface area contributed by atoms with Crippen LogP contribution >= 0.6 is 0 Å². The van der Waals surface area contributed by atoms with Crippen LogP contribution in [0.25, 0.3) is 0 Å². The number of rotatable bonds is 4. The third-order valence-corrected chi connectivity index (χ3v) is 5.50. The lowest BCUT2D eigenvalue weighted by Crippen LogP contribution is -2.33. The van der Waals surface area contributed by atoms with Crippen molar-refractivity contribution in [1.82, 2.24) is 15.1 Å². The predicted octanol–water partition coefficient (Wildman–Crippen LogP) is 2.49. The van der Waals surface area contributed by atoms with E-state index in [1.54, 1.807) is 17.9 Å². The van der Waals surface area contributed by atoms with Crippen LogP contribution in [0.5, 0.6) is 0 Å². The van der Waals surface area contributed by atoms with Gasteiger partial charge in [0.15, 0.2) is 0 Å². The molecular weight excluding hydrogens is 385 g/mol. The molecule has 3 rings (SSSR count). The highest BCUT2D eigenvalue weighted by atomic mass is 32.2. The van der Waals surface area contributed by atoms with Crippen molar-refractivity contribution in [1.29, 1.82) is 0 Å². The number of carbonyl (C=O) groups excluding carboxylic acids is 1. The number of nitrogens with zero attached hydrogens (tertiary/aromatic N) is 2. The largest absolute Gasteiger partial charge is 0.516 e. The summed E-state index contributed by atoms with van der Waals surface area (Å²) in [7, 11) is -3.83. The third kappa shape index (κ3) is 3.77. The fraction of sp³-hybridized carbons (Fsp3) is 0.375. The zero-order valence-electron chi connectivity index (χ0n) is 14.2. The summed E-state index contributed by atoms with van der Waals surface area (Å²) in [6.45, 7) is 0. The Labute approximate surface area is 153 Å². The molecule has 2 aromatic rings. The Kier molecular flexibility index (Phi) is 4.89. The molecule has 1 amide bonds. The van der Waals surface area contributed by atoms with Gasteiger partial charge in [0.1, 0.15) is 0 Å². The SMILES string of the molecule is Cn1ncc2c1CCCC2NC(=O)c1ccccc1NS(=O)(=O)C(F)(F)F. The molecule has 1 atom stereocenters. The van der Waals surface area contributed by atoms with Crippen molar-refractivity contribution in [2.75, 3.05) is 4.72 Å². The normalized spacial score (nSPS) is 17.3. The monoisotopic (exact) mass is 402 g/mol. The van der Waals surface area contributed by atoms with E-state index in [4.69, 9.17) is 0 Å². The minimum Gasteiger partial charge on any atom is -0.345 e. The fourth-order valence-electron chi connectivity index (χ4n) is 3.06. The number of hydrogen-bond donors (Lipinski definition) is 2. The van der Waals surface area contributed by atoms with E-state index >= 15 is 0 Å². The van der Waals surface area contributed by atoms with E-state index in [9.17, 15) is 26.4 Å². The minimum absolute atomic E-state index is 0.193. The second kappa shape index (κ2) is 6.87. The molecule has 0 saturated carbocycles. The van der Waals surface area contributed by atoms with Gasteiger partial charge >= 0.3 is 15.5 Å². The number of sulfonamides is 1. The van der Waals surface area contributed by atoms with Gasteiger partial charge in [-0.25, -0.2) is 0 Å². The molecule has 0 spiro atoms. The summed E-state index contributed by atoms with van der Waals surface area (Å²) in [5.41, 5.74) is -4.27. The van der Waals surface area contributed by atoms with Gasteiger partial charge in [-0.15, -0.1) is 0 Å². The van der Waals surface area contributed by atoms with Crippen molar-refractivity contribution in [3.8, 4) is 0 Å². The molecule has 1 aliphatic rings. The molecule has 1 unspecified atom stereocenters. The van der Waals surface area contributed by atoms with E-state index in [-0.39, 0.29) is 11.6 Å². The summed E-state index contributed by atoms with van der Waals surface area (Å²) in [5, 5.41) is 6.93. The zero-order valence-corrected chi connectivity index (χ0v) is 15.1. The number of aryl methyl sites for hydroxylation is 1. The fourth-order valence-corrected chi connectivity index (χ4v) is 3.65. The molecule has 0 radical (unpaired) electrons. The Morgan fingerprint density at radius 3 is 2.70 bits per heavy atom. The molecule has 0 fully saturated rings. The van der Waals surface area contributed by atoms with Gasteiger partial charge in [0.25, 0.3) is 5.91 Å². The Bertz CT molecular complexity index is 970. The van der Waals surface area contributed by atoms with Crippen LogP contribution < -0.4 is 10.0 Å². The van der Waals surface area contributed by atoms with Gasteiger partial charge in [0.2, 0.25) is 0 Å². The topological polar surface area (TPSA) is 93.1 Å². The number of hydrogen-bond acceptors (Lipinski definition) is 4. The smallest absolute Gasteiger partial charge is 0.345 e. The van der Waals surface area contributed by atoms with Gasteiger partial charge in [0, 0.05) is 18.3 Å². The average molecular weight is 402 g/mol. The number of amides is 1. The summed E-state index contributed by atoms with van der Waals surface area (Å²) in [6.07, 6.45) is 3.94. The highest BCUT2D eigenvalue weighted by Gasteiger charge is 2.46. The predicted molar refractivity (Wildman–Crippen MR) is 91.4 cm³/mol. The summed E-state index contributed by atoms with van der Waals surface area (Å²) in [5.74, 6) is -0.669. The minimum atomic E-state index is -5.63. The average Bonchev–Trinajstić information content (AvgIpc) is 2.96. The number of alkyl halides is 3. The first kappa shape index (κ1) is 19.2. The number of anilines is 1. The van der Waals surface area contributed by atoms with Crippen LogP contribution in [-0.2, 0) is 23.5 Å². The van der Waals surface area contributed by atoms with Gasteiger partial charge in [0.05, 0.1) is 23.5 Å². The number of aromatic nitrogens is 2. The lowest BCUT2D eigenvalue weighted by Gasteiger charge is -2.24. The molecule has 1 aromatic carbocycles. The van der Waals surface area contributed by atoms with Gasteiger partial charge in [-0.2, -0.15) is 26.7 Å². The van der Waals surface area contributed by atoms with Crippen molar-refractivity contribution < 1.29 is 26.4 Å². The van der Waals surface area contributed by atoms with Crippen molar-refractivity contribution in [3.63, 3.8) is 0 Å². The Morgan fingerprint density at radius 1 is 1.30 bits per heavy atom. The van der Waals surface area contributed by atoms with Gasteiger partial charge < -0.3 is 5.32 Å². The molecule has 1 aliphatic carbocycles. The van der Waals surface area contributed by atoms with Crippen molar-refractivity contribution in [2.24, 2.45) is 7.05 Å². The van der Waals surface area contributed by atoms with Gasteiger partial charge in [-0.3, -0.25) is 14.2 Å². The second-order valence-electron chi connectivity index (χ2n) is 6.19. The number of fused-ring (bicyclic) bond motifs is 1. The number of carbonyl (C=O) groups is 1. The van der Waals surface area contributed by atoms with Crippen LogP contribution in [0.2, 0.25) is 0 Å².